The van der Waals surface area contributed by atoms with Gasteiger partial charge >= 0.3 is 5.97 Å². The molecule has 0 spiro atoms. The summed E-state index contributed by atoms with van der Waals surface area (Å²) in [5.74, 6) is -0.674. The third-order valence-corrected chi connectivity index (χ3v) is 5.50. The standard InChI is InChI=1S/C23H27N3O5/c1-15-12-16(2)21(17(3)13-15)24-22(27)20-8-5-9-25(20)10-11-31-23(28)18-6-4-7-19(14-18)26(29)30/h4,6-7,12-14,20H,5,8-11H2,1-3H3,(H,24,27)/t20-/m1/s1. The zero-order valence-corrected chi connectivity index (χ0v) is 18.0. The molecule has 0 saturated carbocycles. The lowest BCUT2D eigenvalue weighted by molar-refractivity contribution is -0.384. The normalized spacial score (nSPS) is 16.2. The molecule has 0 bridgehead atoms. The molecule has 164 valence electrons. The minimum absolute atomic E-state index is 0.0578. The van der Waals surface area contributed by atoms with Crippen molar-refractivity contribution in [2.75, 3.05) is 25.0 Å². The highest BCUT2D eigenvalue weighted by Gasteiger charge is 2.31. The molecule has 0 aromatic heterocycles. The number of hydrogen-bond acceptors (Lipinski definition) is 6. The van der Waals surface area contributed by atoms with Crippen LogP contribution in [0.1, 0.15) is 39.9 Å². The Hall–Kier alpha value is -3.26. The Bertz CT molecular complexity index is 981. The van der Waals surface area contributed by atoms with Gasteiger partial charge < -0.3 is 10.1 Å². The molecule has 8 heteroatoms. The van der Waals surface area contributed by atoms with Gasteiger partial charge in [0.2, 0.25) is 5.91 Å². The summed E-state index contributed by atoms with van der Waals surface area (Å²) in [6, 6.07) is 9.25. The largest absolute Gasteiger partial charge is 0.461 e. The predicted octanol–water partition coefficient (Wildman–Crippen LogP) is 3.78. The fourth-order valence-electron chi connectivity index (χ4n) is 4.06. The predicted molar refractivity (Wildman–Crippen MR) is 117 cm³/mol. The van der Waals surface area contributed by atoms with Crippen LogP contribution < -0.4 is 5.32 Å². The highest BCUT2D eigenvalue weighted by Crippen LogP contribution is 2.24. The maximum atomic E-state index is 12.9. The smallest absolute Gasteiger partial charge is 0.338 e. The van der Waals surface area contributed by atoms with Crippen LogP contribution in [0.25, 0.3) is 0 Å². The van der Waals surface area contributed by atoms with E-state index in [-0.39, 0.29) is 29.8 Å². The summed E-state index contributed by atoms with van der Waals surface area (Å²) in [6.45, 7) is 7.26. The van der Waals surface area contributed by atoms with Crippen molar-refractivity contribution in [2.45, 2.75) is 39.7 Å². The molecular formula is C23H27N3O5. The van der Waals surface area contributed by atoms with Crippen LogP contribution in [0.5, 0.6) is 0 Å². The number of carbonyl (C=O) groups is 2. The second-order valence-corrected chi connectivity index (χ2v) is 7.90. The number of likely N-dealkylation sites (tertiary alicyclic amines) is 1. The van der Waals surface area contributed by atoms with E-state index in [1.807, 2.05) is 37.8 Å². The molecule has 0 aliphatic carbocycles. The summed E-state index contributed by atoms with van der Waals surface area (Å²) in [7, 11) is 0. The van der Waals surface area contributed by atoms with Crippen molar-refractivity contribution in [2.24, 2.45) is 0 Å². The van der Waals surface area contributed by atoms with Crippen molar-refractivity contribution < 1.29 is 19.2 Å². The molecule has 0 radical (unpaired) electrons. The number of benzene rings is 2. The molecule has 8 nitrogen and oxygen atoms in total. The number of non-ortho nitro benzene ring substituents is 1. The summed E-state index contributed by atoms with van der Waals surface area (Å²) < 4.78 is 5.29. The molecule has 3 rings (SSSR count). The average Bonchev–Trinajstić information content (AvgIpc) is 3.19. The summed E-state index contributed by atoms with van der Waals surface area (Å²) in [4.78, 5) is 37.4. The second kappa shape index (κ2) is 9.70. The van der Waals surface area contributed by atoms with Gasteiger partial charge in [-0.05, 0) is 57.4 Å². The highest BCUT2D eigenvalue weighted by molar-refractivity contribution is 5.96. The first kappa shape index (κ1) is 22.4. The van der Waals surface area contributed by atoms with E-state index >= 15 is 0 Å². The summed E-state index contributed by atoms with van der Waals surface area (Å²) in [5.41, 5.74) is 4.03. The molecule has 31 heavy (non-hydrogen) atoms. The number of nitro groups is 1. The maximum absolute atomic E-state index is 12.9. The number of nitro benzene ring substituents is 1. The monoisotopic (exact) mass is 425 g/mol. The van der Waals surface area contributed by atoms with Crippen LogP contribution in [0, 0.1) is 30.9 Å². The third-order valence-electron chi connectivity index (χ3n) is 5.50. The first-order chi connectivity index (χ1) is 14.8. The van der Waals surface area contributed by atoms with Crippen LogP contribution >= 0.6 is 0 Å². The van der Waals surface area contributed by atoms with E-state index in [9.17, 15) is 19.7 Å². The van der Waals surface area contributed by atoms with Crippen LogP contribution in [0.3, 0.4) is 0 Å². The van der Waals surface area contributed by atoms with Crippen molar-refractivity contribution in [3.63, 3.8) is 0 Å². The summed E-state index contributed by atoms with van der Waals surface area (Å²) >= 11 is 0. The Kier molecular flexibility index (Phi) is 7.02. The topological polar surface area (TPSA) is 102 Å². The van der Waals surface area contributed by atoms with E-state index in [2.05, 4.69) is 5.32 Å². The Morgan fingerprint density at radius 3 is 2.58 bits per heavy atom. The van der Waals surface area contributed by atoms with Gasteiger partial charge in [0.25, 0.3) is 5.69 Å². The number of nitrogens with zero attached hydrogens (tertiary/aromatic N) is 2. The quantitative estimate of drug-likeness (QED) is 0.411. The molecule has 1 atom stereocenters. The van der Waals surface area contributed by atoms with E-state index in [0.717, 1.165) is 41.8 Å². The van der Waals surface area contributed by atoms with Gasteiger partial charge in [0.1, 0.15) is 6.61 Å². The lowest BCUT2D eigenvalue weighted by Gasteiger charge is -2.24. The molecule has 1 aliphatic rings. The molecule has 1 N–H and O–H groups in total. The van der Waals surface area contributed by atoms with Gasteiger partial charge in [0, 0.05) is 24.4 Å². The molecular weight excluding hydrogens is 398 g/mol. The minimum atomic E-state index is -0.616. The molecule has 1 saturated heterocycles. The van der Waals surface area contributed by atoms with E-state index in [1.165, 1.54) is 24.3 Å². The minimum Gasteiger partial charge on any atom is -0.461 e. The average molecular weight is 425 g/mol. The molecule has 0 unspecified atom stereocenters. The zero-order chi connectivity index (χ0) is 22.5. The van der Waals surface area contributed by atoms with Crippen LogP contribution in [-0.4, -0.2) is 47.4 Å². The lowest BCUT2D eigenvalue weighted by atomic mass is 10.0. The van der Waals surface area contributed by atoms with Crippen molar-refractivity contribution in [1.82, 2.24) is 4.90 Å². The summed E-state index contributed by atoms with van der Waals surface area (Å²) in [6.07, 6.45) is 1.64. The van der Waals surface area contributed by atoms with Gasteiger partial charge in [-0.1, -0.05) is 23.8 Å². The Morgan fingerprint density at radius 2 is 1.90 bits per heavy atom. The molecule has 1 fully saturated rings. The molecule has 2 aromatic rings. The first-order valence-corrected chi connectivity index (χ1v) is 10.3. The Balaban J connectivity index is 1.56. The number of nitrogens with one attached hydrogen (secondary N) is 1. The Morgan fingerprint density at radius 1 is 1.19 bits per heavy atom. The molecule has 1 heterocycles. The number of aryl methyl sites for hydroxylation is 3. The maximum Gasteiger partial charge on any atom is 0.338 e. The number of hydrogen-bond donors (Lipinski definition) is 1. The number of amides is 1. The van der Waals surface area contributed by atoms with Gasteiger partial charge in [-0.15, -0.1) is 0 Å². The number of ether oxygens (including phenoxy) is 1. The molecule has 2 aromatic carbocycles. The molecule has 1 amide bonds. The fourth-order valence-corrected chi connectivity index (χ4v) is 4.06. The van der Waals surface area contributed by atoms with Gasteiger partial charge in [0.15, 0.2) is 0 Å². The SMILES string of the molecule is Cc1cc(C)c(NC(=O)[C@H]2CCCN2CCOC(=O)c2cccc([N+](=O)[O-])c2)c(C)c1. The van der Waals surface area contributed by atoms with Gasteiger partial charge in [-0.3, -0.25) is 19.8 Å². The van der Waals surface area contributed by atoms with Crippen LogP contribution in [0.4, 0.5) is 11.4 Å². The Labute approximate surface area is 181 Å². The van der Waals surface area contributed by atoms with Crippen molar-refractivity contribution >= 4 is 23.3 Å². The third kappa shape index (κ3) is 5.46. The first-order valence-electron chi connectivity index (χ1n) is 10.3. The highest BCUT2D eigenvalue weighted by atomic mass is 16.6. The van der Waals surface area contributed by atoms with Crippen molar-refractivity contribution in [1.29, 1.82) is 0 Å². The number of esters is 1. The van der Waals surface area contributed by atoms with E-state index in [0.29, 0.717) is 6.54 Å². The zero-order valence-electron chi connectivity index (χ0n) is 18.0. The van der Waals surface area contributed by atoms with Gasteiger partial charge in [0.05, 0.1) is 16.5 Å². The van der Waals surface area contributed by atoms with E-state index in [4.69, 9.17) is 4.74 Å². The summed E-state index contributed by atoms with van der Waals surface area (Å²) in [5, 5.41) is 13.9. The van der Waals surface area contributed by atoms with Gasteiger partial charge in [-0.2, -0.15) is 0 Å². The number of rotatable bonds is 7. The number of anilines is 1. The second-order valence-electron chi connectivity index (χ2n) is 7.90. The van der Waals surface area contributed by atoms with Crippen LogP contribution in [0.15, 0.2) is 36.4 Å². The van der Waals surface area contributed by atoms with Gasteiger partial charge in [-0.25, -0.2) is 4.79 Å². The lowest BCUT2D eigenvalue weighted by Crippen LogP contribution is -2.41. The van der Waals surface area contributed by atoms with E-state index in [1.54, 1.807) is 0 Å². The van der Waals surface area contributed by atoms with Crippen molar-refractivity contribution in [3.8, 4) is 0 Å². The van der Waals surface area contributed by atoms with Crippen LogP contribution in [-0.2, 0) is 9.53 Å². The fraction of sp³-hybridized carbons (Fsp3) is 0.391. The van der Waals surface area contributed by atoms with Crippen molar-refractivity contribution in [3.05, 3.63) is 68.8 Å². The molecule has 1 aliphatic heterocycles. The number of carbonyl (C=O) groups excluding carboxylic acids is 2. The van der Waals surface area contributed by atoms with E-state index < -0.39 is 10.9 Å². The van der Waals surface area contributed by atoms with Crippen LogP contribution in [0.2, 0.25) is 0 Å².